The molecule has 2 aromatic rings. The summed E-state index contributed by atoms with van der Waals surface area (Å²) in [5, 5.41) is 5.08. The number of aryl methyl sites for hydroxylation is 1. The number of hydrogen-bond acceptors (Lipinski definition) is 3. The van der Waals surface area contributed by atoms with Gasteiger partial charge in [0.25, 0.3) is 5.91 Å². The molecule has 2 N–H and O–H groups in total. The van der Waals surface area contributed by atoms with Crippen LogP contribution in [0.15, 0.2) is 30.3 Å². The Morgan fingerprint density at radius 2 is 2.05 bits per heavy atom. The SMILES string of the molecule is Cc1ccc(C(=O)NCC(=O)Nc2ccc(Cl)cc2F)s1. The van der Waals surface area contributed by atoms with Crippen LogP contribution in [0.2, 0.25) is 5.02 Å². The van der Waals surface area contributed by atoms with Crippen LogP contribution in [0.5, 0.6) is 0 Å². The molecule has 0 fully saturated rings. The Balaban J connectivity index is 1.89. The van der Waals surface area contributed by atoms with E-state index in [4.69, 9.17) is 11.6 Å². The summed E-state index contributed by atoms with van der Waals surface area (Å²) >= 11 is 6.95. The van der Waals surface area contributed by atoms with Gasteiger partial charge in [-0.15, -0.1) is 11.3 Å². The quantitative estimate of drug-likeness (QED) is 0.906. The molecule has 0 atom stereocenters. The summed E-state index contributed by atoms with van der Waals surface area (Å²) in [6.45, 7) is 1.65. The third-order valence-electron chi connectivity index (χ3n) is 2.58. The van der Waals surface area contributed by atoms with Gasteiger partial charge in [0.1, 0.15) is 5.82 Å². The van der Waals surface area contributed by atoms with Crippen molar-refractivity contribution in [3.8, 4) is 0 Å². The van der Waals surface area contributed by atoms with Gasteiger partial charge < -0.3 is 10.6 Å². The number of anilines is 1. The van der Waals surface area contributed by atoms with E-state index in [0.29, 0.717) is 4.88 Å². The molecule has 7 heteroatoms. The topological polar surface area (TPSA) is 58.2 Å². The Hall–Kier alpha value is -1.92. The van der Waals surface area contributed by atoms with Gasteiger partial charge in [-0.05, 0) is 37.3 Å². The molecule has 0 saturated carbocycles. The second-order valence-electron chi connectivity index (χ2n) is 4.27. The van der Waals surface area contributed by atoms with Crippen molar-refractivity contribution in [3.05, 3.63) is 50.9 Å². The maximum atomic E-state index is 13.5. The lowest BCUT2D eigenvalue weighted by molar-refractivity contribution is -0.115. The van der Waals surface area contributed by atoms with E-state index in [1.807, 2.05) is 13.0 Å². The first-order chi connectivity index (χ1) is 9.95. The standard InChI is InChI=1S/C14H12ClFN2O2S/c1-8-2-5-12(21-8)14(20)17-7-13(19)18-11-4-3-9(15)6-10(11)16/h2-6H,7H2,1H3,(H,17,20)(H,18,19). The van der Waals surface area contributed by atoms with E-state index >= 15 is 0 Å². The molecule has 2 amide bonds. The predicted molar refractivity (Wildman–Crippen MR) is 81.4 cm³/mol. The van der Waals surface area contributed by atoms with Crippen molar-refractivity contribution in [2.45, 2.75) is 6.92 Å². The Kier molecular flexibility index (Phi) is 4.93. The lowest BCUT2D eigenvalue weighted by Crippen LogP contribution is -2.32. The highest BCUT2D eigenvalue weighted by atomic mass is 35.5. The Bertz CT molecular complexity index is 687. The highest BCUT2D eigenvalue weighted by molar-refractivity contribution is 7.13. The molecule has 110 valence electrons. The number of thiophene rings is 1. The van der Waals surface area contributed by atoms with Crippen molar-refractivity contribution in [3.63, 3.8) is 0 Å². The maximum absolute atomic E-state index is 13.5. The first kappa shape index (κ1) is 15.5. The van der Waals surface area contributed by atoms with Crippen LogP contribution in [0.1, 0.15) is 14.5 Å². The van der Waals surface area contributed by atoms with Gasteiger partial charge in [-0.2, -0.15) is 0 Å². The molecule has 1 aromatic heterocycles. The lowest BCUT2D eigenvalue weighted by Gasteiger charge is -2.07. The number of carbonyl (C=O) groups excluding carboxylic acids is 2. The van der Waals surface area contributed by atoms with Crippen LogP contribution in [0.25, 0.3) is 0 Å². The Morgan fingerprint density at radius 1 is 1.29 bits per heavy atom. The van der Waals surface area contributed by atoms with Crippen LogP contribution in [0, 0.1) is 12.7 Å². The molecule has 1 aromatic carbocycles. The molecule has 2 rings (SSSR count). The molecule has 0 aliphatic heterocycles. The normalized spacial score (nSPS) is 10.2. The highest BCUT2D eigenvalue weighted by Crippen LogP contribution is 2.18. The number of benzene rings is 1. The smallest absolute Gasteiger partial charge is 0.261 e. The molecule has 0 saturated heterocycles. The second kappa shape index (κ2) is 6.69. The zero-order valence-corrected chi connectivity index (χ0v) is 12.6. The fraction of sp³-hybridized carbons (Fsp3) is 0.143. The van der Waals surface area contributed by atoms with Crippen LogP contribution in [-0.4, -0.2) is 18.4 Å². The molecule has 4 nitrogen and oxygen atoms in total. The predicted octanol–water partition coefficient (Wildman–Crippen LogP) is 3.22. The molecular formula is C14H12ClFN2O2S. The van der Waals surface area contributed by atoms with Crippen molar-refractivity contribution in [1.82, 2.24) is 5.32 Å². The summed E-state index contributed by atoms with van der Waals surface area (Å²) in [7, 11) is 0. The molecular weight excluding hydrogens is 315 g/mol. The van der Waals surface area contributed by atoms with Crippen LogP contribution >= 0.6 is 22.9 Å². The Morgan fingerprint density at radius 3 is 2.67 bits per heavy atom. The summed E-state index contributed by atoms with van der Waals surface area (Å²) in [5.74, 6) is -1.48. The minimum absolute atomic E-state index is 0.0191. The minimum Gasteiger partial charge on any atom is -0.342 e. The van der Waals surface area contributed by atoms with Crippen LogP contribution < -0.4 is 10.6 Å². The van der Waals surface area contributed by atoms with Gasteiger partial charge in [0, 0.05) is 9.90 Å². The van der Waals surface area contributed by atoms with E-state index < -0.39 is 11.7 Å². The molecule has 0 unspecified atom stereocenters. The summed E-state index contributed by atoms with van der Waals surface area (Å²) in [6, 6.07) is 7.44. The highest BCUT2D eigenvalue weighted by Gasteiger charge is 2.11. The number of carbonyl (C=O) groups is 2. The second-order valence-corrected chi connectivity index (χ2v) is 5.99. The van der Waals surface area contributed by atoms with Crippen LogP contribution in [-0.2, 0) is 4.79 Å². The average Bonchev–Trinajstić information content (AvgIpc) is 2.86. The zero-order chi connectivity index (χ0) is 15.4. The van der Waals surface area contributed by atoms with Crippen LogP contribution in [0.3, 0.4) is 0 Å². The van der Waals surface area contributed by atoms with Crippen molar-refractivity contribution in [2.75, 3.05) is 11.9 Å². The maximum Gasteiger partial charge on any atom is 0.261 e. The zero-order valence-electron chi connectivity index (χ0n) is 11.1. The number of rotatable bonds is 4. The van der Waals surface area contributed by atoms with Crippen molar-refractivity contribution >= 4 is 40.4 Å². The molecule has 0 radical (unpaired) electrons. The monoisotopic (exact) mass is 326 g/mol. The first-order valence-electron chi connectivity index (χ1n) is 6.05. The van der Waals surface area contributed by atoms with Gasteiger partial charge >= 0.3 is 0 Å². The number of nitrogens with one attached hydrogen (secondary N) is 2. The van der Waals surface area contributed by atoms with E-state index in [-0.39, 0.29) is 23.2 Å². The number of halogens is 2. The van der Waals surface area contributed by atoms with E-state index in [9.17, 15) is 14.0 Å². The van der Waals surface area contributed by atoms with E-state index in [1.165, 1.54) is 23.5 Å². The molecule has 0 spiro atoms. The number of hydrogen-bond donors (Lipinski definition) is 2. The van der Waals surface area contributed by atoms with Gasteiger partial charge in [-0.25, -0.2) is 4.39 Å². The van der Waals surface area contributed by atoms with Gasteiger partial charge in [-0.1, -0.05) is 11.6 Å². The molecule has 0 aliphatic rings. The van der Waals surface area contributed by atoms with E-state index in [1.54, 1.807) is 6.07 Å². The summed E-state index contributed by atoms with van der Waals surface area (Å²) in [5.41, 5.74) is 0.0191. The Labute approximate surface area is 129 Å². The largest absolute Gasteiger partial charge is 0.342 e. The number of amides is 2. The molecule has 1 heterocycles. The van der Waals surface area contributed by atoms with Gasteiger partial charge in [0.15, 0.2) is 0 Å². The van der Waals surface area contributed by atoms with E-state index in [0.717, 1.165) is 10.9 Å². The fourth-order valence-electron chi connectivity index (χ4n) is 1.59. The van der Waals surface area contributed by atoms with Crippen molar-refractivity contribution in [1.29, 1.82) is 0 Å². The third kappa shape index (κ3) is 4.27. The summed E-state index contributed by atoms with van der Waals surface area (Å²) in [4.78, 5) is 25.0. The van der Waals surface area contributed by atoms with Gasteiger partial charge in [-0.3, -0.25) is 9.59 Å². The summed E-state index contributed by atoms with van der Waals surface area (Å²) in [6.07, 6.45) is 0. The van der Waals surface area contributed by atoms with Crippen molar-refractivity contribution in [2.24, 2.45) is 0 Å². The minimum atomic E-state index is -0.629. The third-order valence-corrected chi connectivity index (χ3v) is 3.81. The molecule has 21 heavy (non-hydrogen) atoms. The van der Waals surface area contributed by atoms with Crippen molar-refractivity contribution < 1.29 is 14.0 Å². The molecule has 0 aliphatic carbocycles. The van der Waals surface area contributed by atoms with E-state index in [2.05, 4.69) is 10.6 Å². The lowest BCUT2D eigenvalue weighted by atomic mass is 10.3. The summed E-state index contributed by atoms with van der Waals surface area (Å²) < 4.78 is 13.5. The van der Waals surface area contributed by atoms with Gasteiger partial charge in [0.2, 0.25) is 5.91 Å². The fourth-order valence-corrected chi connectivity index (χ4v) is 2.53. The molecule has 0 bridgehead atoms. The van der Waals surface area contributed by atoms with Gasteiger partial charge in [0.05, 0.1) is 17.1 Å². The average molecular weight is 327 g/mol. The first-order valence-corrected chi connectivity index (χ1v) is 7.24. The van der Waals surface area contributed by atoms with Crippen LogP contribution in [0.4, 0.5) is 10.1 Å².